The molecule has 0 saturated heterocycles. The zero-order valence-corrected chi connectivity index (χ0v) is 11.4. The molecule has 0 aliphatic heterocycles. The highest BCUT2D eigenvalue weighted by molar-refractivity contribution is 9.10. The third-order valence-electron chi connectivity index (χ3n) is 2.26. The van der Waals surface area contributed by atoms with Crippen LogP contribution in [0.3, 0.4) is 0 Å². The van der Waals surface area contributed by atoms with Crippen molar-refractivity contribution in [3.05, 3.63) is 27.7 Å². The van der Waals surface area contributed by atoms with Gasteiger partial charge in [-0.2, -0.15) is 0 Å². The zero-order valence-electron chi connectivity index (χ0n) is 9.83. The van der Waals surface area contributed by atoms with Gasteiger partial charge in [-0.1, -0.05) is 15.9 Å². The van der Waals surface area contributed by atoms with E-state index in [4.69, 9.17) is 4.74 Å². The molecule has 0 amide bonds. The van der Waals surface area contributed by atoms with Gasteiger partial charge in [0.05, 0.1) is 7.11 Å². The lowest BCUT2D eigenvalue weighted by molar-refractivity contribution is -0.147. The van der Waals surface area contributed by atoms with E-state index in [0.717, 1.165) is 15.6 Å². The molecule has 1 aromatic carbocycles. The monoisotopic (exact) mass is 286 g/mol. The number of hydrogen-bond donors (Lipinski definition) is 0. The van der Waals surface area contributed by atoms with Gasteiger partial charge in [0.15, 0.2) is 6.10 Å². The molecule has 0 unspecified atom stereocenters. The number of methoxy groups -OCH3 is 1. The van der Waals surface area contributed by atoms with Crippen molar-refractivity contribution in [2.75, 3.05) is 7.11 Å². The van der Waals surface area contributed by atoms with Crippen LogP contribution in [0, 0.1) is 13.8 Å². The van der Waals surface area contributed by atoms with Gasteiger partial charge in [0, 0.05) is 4.47 Å². The Bertz CT molecular complexity index is 378. The van der Waals surface area contributed by atoms with E-state index in [1.54, 1.807) is 6.92 Å². The van der Waals surface area contributed by atoms with E-state index in [1.807, 2.05) is 26.0 Å². The summed E-state index contributed by atoms with van der Waals surface area (Å²) >= 11 is 3.47. The van der Waals surface area contributed by atoms with Gasteiger partial charge in [-0.25, -0.2) is 4.79 Å². The van der Waals surface area contributed by atoms with Crippen molar-refractivity contribution in [2.24, 2.45) is 0 Å². The molecule has 0 N–H and O–H groups in total. The summed E-state index contributed by atoms with van der Waals surface area (Å²) in [6.07, 6.45) is -0.593. The van der Waals surface area contributed by atoms with Gasteiger partial charge in [-0.05, 0) is 44.0 Å². The smallest absolute Gasteiger partial charge is 0.346 e. The topological polar surface area (TPSA) is 35.5 Å². The summed E-state index contributed by atoms with van der Waals surface area (Å²) in [6, 6.07) is 3.77. The number of esters is 1. The second-order valence-corrected chi connectivity index (χ2v) is 4.45. The van der Waals surface area contributed by atoms with E-state index in [-0.39, 0.29) is 5.97 Å². The normalized spacial score (nSPS) is 12.1. The summed E-state index contributed by atoms with van der Waals surface area (Å²) in [4.78, 5) is 11.2. The van der Waals surface area contributed by atoms with Crippen molar-refractivity contribution in [2.45, 2.75) is 26.9 Å². The molecule has 4 heteroatoms. The molecule has 0 aliphatic rings. The molecule has 0 aliphatic carbocycles. The highest BCUT2D eigenvalue weighted by Gasteiger charge is 2.15. The third kappa shape index (κ3) is 2.98. The van der Waals surface area contributed by atoms with Crippen molar-refractivity contribution in [1.29, 1.82) is 0 Å². The molecule has 1 atom stereocenters. The summed E-state index contributed by atoms with van der Waals surface area (Å²) in [6.45, 7) is 5.62. The fourth-order valence-corrected chi connectivity index (χ4v) is 1.62. The van der Waals surface area contributed by atoms with Crippen LogP contribution in [0.2, 0.25) is 0 Å². The summed E-state index contributed by atoms with van der Waals surface area (Å²) in [5.74, 6) is 0.300. The lowest BCUT2D eigenvalue weighted by Crippen LogP contribution is -2.24. The predicted molar refractivity (Wildman–Crippen MR) is 65.7 cm³/mol. The van der Waals surface area contributed by atoms with Crippen LogP contribution in [0.1, 0.15) is 18.1 Å². The SMILES string of the molecule is COC(=O)[C@@H](C)Oc1cc(C)c(Br)c(C)c1. The van der Waals surface area contributed by atoms with Crippen LogP contribution in [-0.2, 0) is 9.53 Å². The summed E-state index contributed by atoms with van der Waals surface area (Å²) in [7, 11) is 1.35. The van der Waals surface area contributed by atoms with Crippen LogP contribution < -0.4 is 4.74 Å². The molecule has 0 fully saturated rings. The van der Waals surface area contributed by atoms with Crippen LogP contribution >= 0.6 is 15.9 Å². The number of aryl methyl sites for hydroxylation is 2. The molecule has 16 heavy (non-hydrogen) atoms. The summed E-state index contributed by atoms with van der Waals surface area (Å²) in [5.41, 5.74) is 2.15. The molecule has 0 heterocycles. The Labute approximate surface area is 104 Å². The average Bonchev–Trinajstić information content (AvgIpc) is 2.24. The van der Waals surface area contributed by atoms with Crippen molar-refractivity contribution in [3.63, 3.8) is 0 Å². The van der Waals surface area contributed by atoms with Crippen molar-refractivity contribution in [1.82, 2.24) is 0 Å². The minimum absolute atomic E-state index is 0.377. The zero-order chi connectivity index (χ0) is 12.3. The van der Waals surface area contributed by atoms with Crippen LogP contribution in [-0.4, -0.2) is 19.2 Å². The van der Waals surface area contributed by atoms with E-state index < -0.39 is 6.10 Å². The number of ether oxygens (including phenoxy) is 2. The maximum absolute atomic E-state index is 11.2. The summed E-state index contributed by atoms with van der Waals surface area (Å²) < 4.78 is 11.1. The van der Waals surface area contributed by atoms with Gasteiger partial charge in [-0.3, -0.25) is 0 Å². The maximum Gasteiger partial charge on any atom is 0.346 e. The number of hydrogen-bond acceptors (Lipinski definition) is 3. The molecule has 0 aromatic heterocycles. The largest absolute Gasteiger partial charge is 0.479 e. The van der Waals surface area contributed by atoms with Gasteiger partial charge in [-0.15, -0.1) is 0 Å². The lowest BCUT2D eigenvalue weighted by Gasteiger charge is -2.14. The molecule has 0 spiro atoms. The Kier molecular flexibility index (Phi) is 4.35. The predicted octanol–water partition coefficient (Wildman–Crippen LogP) is 3.01. The third-order valence-corrected chi connectivity index (χ3v) is 3.51. The standard InChI is InChI=1S/C12H15BrO3/c1-7-5-10(6-8(2)11(7)13)16-9(3)12(14)15-4/h5-6,9H,1-4H3/t9-/m1/s1. The molecule has 1 aromatic rings. The highest BCUT2D eigenvalue weighted by atomic mass is 79.9. The molecule has 0 radical (unpaired) electrons. The first-order valence-corrected chi connectivity index (χ1v) is 5.76. The minimum atomic E-state index is -0.593. The molecule has 88 valence electrons. The van der Waals surface area contributed by atoms with Crippen LogP contribution in [0.4, 0.5) is 0 Å². The van der Waals surface area contributed by atoms with Gasteiger partial charge >= 0.3 is 5.97 Å². The molecular weight excluding hydrogens is 272 g/mol. The van der Waals surface area contributed by atoms with Gasteiger partial charge in [0.25, 0.3) is 0 Å². The first kappa shape index (κ1) is 13.0. The molecule has 0 saturated carbocycles. The Hall–Kier alpha value is -1.03. The Balaban J connectivity index is 2.86. The van der Waals surface area contributed by atoms with Crippen molar-refractivity contribution < 1.29 is 14.3 Å². The molecule has 0 bridgehead atoms. The van der Waals surface area contributed by atoms with Crippen molar-refractivity contribution >= 4 is 21.9 Å². The van der Waals surface area contributed by atoms with Crippen LogP contribution in [0.15, 0.2) is 16.6 Å². The van der Waals surface area contributed by atoms with Crippen LogP contribution in [0.25, 0.3) is 0 Å². The number of carbonyl (C=O) groups excluding carboxylic acids is 1. The number of benzene rings is 1. The molecular formula is C12H15BrO3. The van der Waals surface area contributed by atoms with E-state index in [1.165, 1.54) is 7.11 Å². The van der Waals surface area contributed by atoms with E-state index in [9.17, 15) is 4.79 Å². The fourth-order valence-electron chi connectivity index (χ4n) is 1.39. The Morgan fingerprint density at radius 2 is 1.81 bits per heavy atom. The highest BCUT2D eigenvalue weighted by Crippen LogP contribution is 2.26. The lowest BCUT2D eigenvalue weighted by atomic mass is 10.1. The minimum Gasteiger partial charge on any atom is -0.479 e. The molecule has 3 nitrogen and oxygen atoms in total. The van der Waals surface area contributed by atoms with Crippen molar-refractivity contribution in [3.8, 4) is 5.75 Å². The second-order valence-electron chi connectivity index (χ2n) is 3.65. The summed E-state index contributed by atoms with van der Waals surface area (Å²) in [5, 5.41) is 0. The van der Waals surface area contributed by atoms with E-state index >= 15 is 0 Å². The quantitative estimate of drug-likeness (QED) is 0.802. The van der Waals surface area contributed by atoms with Crippen LogP contribution in [0.5, 0.6) is 5.75 Å². The first-order chi connectivity index (χ1) is 7.45. The second kappa shape index (κ2) is 5.34. The number of carbonyl (C=O) groups is 1. The van der Waals surface area contributed by atoms with E-state index in [2.05, 4.69) is 20.7 Å². The van der Waals surface area contributed by atoms with E-state index in [0.29, 0.717) is 5.75 Å². The Morgan fingerprint density at radius 3 is 2.25 bits per heavy atom. The fraction of sp³-hybridized carbons (Fsp3) is 0.417. The first-order valence-electron chi connectivity index (χ1n) is 4.97. The van der Waals surface area contributed by atoms with Gasteiger partial charge in [0.2, 0.25) is 0 Å². The molecule has 1 rings (SSSR count). The Morgan fingerprint density at radius 1 is 1.31 bits per heavy atom. The number of rotatable bonds is 3. The average molecular weight is 287 g/mol. The maximum atomic E-state index is 11.2. The van der Waals surface area contributed by atoms with Gasteiger partial charge in [0.1, 0.15) is 5.75 Å². The number of halogens is 1. The van der Waals surface area contributed by atoms with Gasteiger partial charge < -0.3 is 9.47 Å².